The normalized spacial score (nSPS) is 12.9. The van der Waals surface area contributed by atoms with Gasteiger partial charge in [0.05, 0.1) is 19.8 Å². The van der Waals surface area contributed by atoms with Gasteiger partial charge in [0.15, 0.2) is 14.0 Å². The first-order valence-electron chi connectivity index (χ1n) is 10.7. The highest BCUT2D eigenvalue weighted by atomic mass is 28.4. The van der Waals surface area contributed by atoms with Gasteiger partial charge in [0, 0.05) is 13.1 Å². The Balaban J connectivity index is 2.15. The van der Waals surface area contributed by atoms with Gasteiger partial charge in [-0.05, 0) is 42.8 Å². The molecule has 176 valence electrons. The number of rotatable bonds is 9. The van der Waals surface area contributed by atoms with Crippen LogP contribution in [-0.2, 0) is 9.16 Å². The molecule has 0 spiro atoms. The molecule has 1 amide bonds. The third-order valence-electron chi connectivity index (χ3n) is 5.92. The fourth-order valence-corrected chi connectivity index (χ4v) is 3.89. The summed E-state index contributed by atoms with van der Waals surface area (Å²) in [5.74, 6) is -0.235. The third kappa shape index (κ3) is 5.98. The van der Waals surface area contributed by atoms with Crippen LogP contribution in [0, 0.1) is 0 Å². The highest BCUT2D eigenvalue weighted by Crippen LogP contribution is 2.36. The van der Waals surface area contributed by atoms with Crippen LogP contribution < -0.4 is 10.1 Å². The lowest BCUT2D eigenvalue weighted by molar-refractivity contribution is 0.0585. The van der Waals surface area contributed by atoms with Gasteiger partial charge in [-0.2, -0.15) is 5.10 Å². The van der Waals surface area contributed by atoms with Gasteiger partial charge >= 0.3 is 5.97 Å². The summed E-state index contributed by atoms with van der Waals surface area (Å²) in [5, 5.41) is 7.00. The maximum atomic E-state index is 12.2. The largest absolute Gasteiger partial charge is 0.491 e. The van der Waals surface area contributed by atoms with Crippen molar-refractivity contribution < 1.29 is 23.5 Å². The Labute approximate surface area is 191 Å². The Morgan fingerprint density at radius 3 is 2.47 bits per heavy atom. The van der Waals surface area contributed by atoms with Crippen molar-refractivity contribution in [2.45, 2.75) is 51.9 Å². The molecule has 2 aromatic rings. The molecule has 0 unspecified atom stereocenters. The molecule has 32 heavy (non-hydrogen) atoms. The molecule has 0 aliphatic carbocycles. The molecule has 0 saturated heterocycles. The molecule has 0 aliphatic rings. The average Bonchev–Trinajstić information content (AvgIpc) is 3.20. The van der Waals surface area contributed by atoms with Crippen molar-refractivity contribution in [2.24, 2.45) is 0 Å². The molecule has 1 heterocycles. The Bertz CT molecular complexity index is 949. The van der Waals surface area contributed by atoms with E-state index < -0.39 is 14.3 Å². The number of benzene rings is 1. The number of nitrogens with one attached hydrogen (secondary N) is 1. The Morgan fingerprint density at radius 2 is 1.88 bits per heavy atom. The second-order valence-corrected chi connectivity index (χ2v) is 13.9. The number of esters is 1. The Kier molecular flexibility index (Phi) is 8.25. The summed E-state index contributed by atoms with van der Waals surface area (Å²) in [4.78, 5) is 24.3. The van der Waals surface area contributed by atoms with Crippen LogP contribution in [0.15, 0.2) is 30.3 Å². The van der Waals surface area contributed by atoms with Gasteiger partial charge in [-0.15, -0.1) is 0 Å². The number of carbonyl (C=O) groups is 2. The van der Waals surface area contributed by atoms with Crippen molar-refractivity contribution in [1.82, 2.24) is 15.1 Å². The average molecular weight is 462 g/mol. The monoisotopic (exact) mass is 461 g/mol. The number of nitrogens with zero attached hydrogens (tertiary/aromatic N) is 2. The summed E-state index contributed by atoms with van der Waals surface area (Å²) >= 11 is 0. The number of aromatic nitrogens is 2. The summed E-state index contributed by atoms with van der Waals surface area (Å²) < 4.78 is 18.4. The van der Waals surface area contributed by atoms with E-state index in [1.165, 1.54) is 24.9 Å². The quantitative estimate of drug-likeness (QED) is 0.344. The van der Waals surface area contributed by atoms with Gasteiger partial charge in [0.2, 0.25) is 0 Å². The lowest BCUT2D eigenvalue weighted by Gasteiger charge is -2.36. The van der Waals surface area contributed by atoms with Gasteiger partial charge in [0.25, 0.3) is 5.91 Å². The number of carbonyl (C=O) groups excluding carboxylic acids is 2. The van der Waals surface area contributed by atoms with Gasteiger partial charge in [-0.25, -0.2) is 4.79 Å². The number of hydrogen-bond donors (Lipinski definition) is 1. The van der Waals surface area contributed by atoms with Crippen molar-refractivity contribution in [3.8, 4) is 5.75 Å². The summed E-state index contributed by atoms with van der Waals surface area (Å²) in [5.41, 5.74) is 1.23. The molecule has 0 radical (unpaired) electrons. The lowest BCUT2D eigenvalue weighted by Crippen LogP contribution is -2.41. The van der Waals surface area contributed by atoms with E-state index in [2.05, 4.69) is 44.3 Å². The molecule has 1 atom stereocenters. The highest BCUT2D eigenvalue weighted by molar-refractivity contribution is 6.74. The molecule has 2 rings (SSSR count). The maximum Gasteiger partial charge on any atom is 0.356 e. The van der Waals surface area contributed by atoms with E-state index in [-0.39, 0.29) is 28.4 Å². The molecular weight excluding hydrogens is 426 g/mol. The standard InChI is InChI=1S/C23H35N3O5Si/c1-16(26-20(22(28)29-6)15-19(25-26)21(27)24-5)17-10-9-11-18(14-17)30-12-13-31-32(7,8)23(2,3)4/h9-11,14-16H,12-13H2,1-8H3,(H,24,27)/t16-/m1/s1. The summed E-state index contributed by atoms with van der Waals surface area (Å²) in [6.07, 6.45) is 0. The molecule has 0 bridgehead atoms. The van der Waals surface area contributed by atoms with Crippen molar-refractivity contribution in [2.75, 3.05) is 27.4 Å². The van der Waals surface area contributed by atoms with Crippen molar-refractivity contribution in [3.63, 3.8) is 0 Å². The SMILES string of the molecule is CNC(=O)c1cc(C(=O)OC)n([C@H](C)c2cccc(OCCO[Si](C)(C)C(C)(C)C)c2)n1. The fraction of sp³-hybridized carbons (Fsp3) is 0.522. The van der Waals surface area contributed by atoms with Crippen LogP contribution in [-0.4, -0.2) is 57.3 Å². The minimum Gasteiger partial charge on any atom is -0.491 e. The van der Waals surface area contributed by atoms with Gasteiger partial charge in [-0.1, -0.05) is 32.9 Å². The van der Waals surface area contributed by atoms with E-state index in [1.54, 1.807) is 0 Å². The smallest absolute Gasteiger partial charge is 0.356 e. The van der Waals surface area contributed by atoms with Crippen LogP contribution in [0.1, 0.15) is 60.3 Å². The van der Waals surface area contributed by atoms with E-state index >= 15 is 0 Å². The molecule has 1 N–H and O–H groups in total. The van der Waals surface area contributed by atoms with Crippen molar-refractivity contribution >= 4 is 20.2 Å². The second-order valence-electron chi connectivity index (χ2n) is 9.14. The summed E-state index contributed by atoms with van der Waals surface area (Å²) in [6.45, 7) is 13.9. The van der Waals surface area contributed by atoms with E-state index in [9.17, 15) is 9.59 Å². The first-order valence-corrected chi connectivity index (χ1v) is 13.6. The molecule has 8 nitrogen and oxygen atoms in total. The molecule has 1 aromatic carbocycles. The summed E-state index contributed by atoms with van der Waals surface area (Å²) in [6, 6.07) is 8.69. The molecule has 0 aliphatic heterocycles. The van der Waals surface area contributed by atoms with E-state index in [0.717, 1.165) is 5.56 Å². The molecule has 0 fully saturated rings. The van der Waals surface area contributed by atoms with Crippen LogP contribution in [0.25, 0.3) is 0 Å². The van der Waals surface area contributed by atoms with Crippen LogP contribution in [0.4, 0.5) is 0 Å². The molecule has 1 aromatic heterocycles. The van der Waals surface area contributed by atoms with Gasteiger partial charge in [0.1, 0.15) is 18.1 Å². The van der Waals surface area contributed by atoms with Gasteiger partial charge in [-0.3, -0.25) is 9.48 Å². The topological polar surface area (TPSA) is 91.7 Å². The number of methoxy groups -OCH3 is 1. The van der Waals surface area contributed by atoms with Crippen LogP contribution in [0.3, 0.4) is 0 Å². The predicted molar refractivity (Wildman–Crippen MR) is 126 cm³/mol. The lowest BCUT2D eigenvalue weighted by atomic mass is 10.1. The van der Waals surface area contributed by atoms with Crippen LogP contribution in [0.5, 0.6) is 5.75 Å². The molecule has 0 saturated carbocycles. The maximum absolute atomic E-state index is 12.2. The van der Waals surface area contributed by atoms with Crippen molar-refractivity contribution in [1.29, 1.82) is 0 Å². The van der Waals surface area contributed by atoms with E-state index in [1.807, 2.05) is 31.2 Å². The Hall–Kier alpha value is -2.65. The predicted octanol–water partition coefficient (Wildman–Crippen LogP) is 4.04. The molecular formula is C23H35N3O5Si. The molecule has 9 heteroatoms. The zero-order valence-electron chi connectivity index (χ0n) is 20.3. The highest BCUT2D eigenvalue weighted by Gasteiger charge is 2.36. The minimum atomic E-state index is -1.82. The first-order chi connectivity index (χ1) is 14.9. The number of hydrogen-bond acceptors (Lipinski definition) is 6. The number of amides is 1. The van der Waals surface area contributed by atoms with Gasteiger partial charge < -0.3 is 19.2 Å². The zero-order chi connectivity index (χ0) is 24.1. The van der Waals surface area contributed by atoms with Crippen LogP contribution >= 0.6 is 0 Å². The first kappa shape index (κ1) is 25.6. The minimum absolute atomic E-state index is 0.148. The Morgan fingerprint density at radius 1 is 1.19 bits per heavy atom. The van der Waals surface area contributed by atoms with Crippen LogP contribution in [0.2, 0.25) is 18.1 Å². The van der Waals surface area contributed by atoms with E-state index in [4.69, 9.17) is 13.9 Å². The second kappa shape index (κ2) is 10.3. The fourth-order valence-electron chi connectivity index (χ4n) is 2.86. The third-order valence-corrected chi connectivity index (χ3v) is 10.5. The zero-order valence-corrected chi connectivity index (χ0v) is 21.3. The number of ether oxygens (including phenoxy) is 2. The summed E-state index contributed by atoms with van der Waals surface area (Å²) in [7, 11) is 0.993. The van der Waals surface area contributed by atoms with Crippen molar-refractivity contribution in [3.05, 3.63) is 47.3 Å². The van der Waals surface area contributed by atoms with E-state index in [0.29, 0.717) is 19.0 Å².